The molecule has 1 heterocycles. The molecule has 1 unspecified atom stereocenters. The maximum atomic E-state index is 9.53. The van der Waals surface area contributed by atoms with E-state index in [4.69, 9.17) is 10.2 Å². The fourth-order valence-corrected chi connectivity index (χ4v) is 1.08. The molecule has 1 rings (SSSR count). The van der Waals surface area contributed by atoms with E-state index in [0.29, 0.717) is 13.0 Å². The topological polar surface area (TPSA) is 59.4 Å². The minimum absolute atomic E-state index is 0.463. The number of hydrogen-bond acceptors (Lipinski definition) is 3. The highest BCUT2D eigenvalue weighted by Crippen LogP contribution is 2.11. The Hall–Kier alpha value is -1.06. The first-order valence-corrected chi connectivity index (χ1v) is 4.34. The second kappa shape index (κ2) is 4.84. The van der Waals surface area contributed by atoms with Crippen molar-refractivity contribution in [1.29, 1.82) is 0 Å². The number of aliphatic hydroxyl groups excluding tert-OH is 1. The van der Waals surface area contributed by atoms with Gasteiger partial charge in [0.2, 0.25) is 0 Å². The summed E-state index contributed by atoms with van der Waals surface area (Å²) in [5.41, 5.74) is 6.21. The molecule has 3 nitrogen and oxygen atoms in total. The Labute approximate surface area is 77.9 Å². The number of hydrogen-bond donors (Lipinski definition) is 2. The zero-order chi connectivity index (χ0) is 9.68. The number of nitrogens with two attached hydrogens (primary N) is 1. The molecular formula is C10H15NO2. The minimum Gasteiger partial charge on any atom is -0.465 e. The van der Waals surface area contributed by atoms with Crippen molar-refractivity contribution in [2.75, 3.05) is 6.54 Å². The van der Waals surface area contributed by atoms with E-state index in [0.717, 1.165) is 11.3 Å². The van der Waals surface area contributed by atoms with Gasteiger partial charge in [-0.25, -0.2) is 0 Å². The Morgan fingerprint density at radius 3 is 3.08 bits per heavy atom. The van der Waals surface area contributed by atoms with Crippen LogP contribution in [0.2, 0.25) is 0 Å². The van der Waals surface area contributed by atoms with Crippen LogP contribution in [0, 0.1) is 0 Å². The first-order valence-electron chi connectivity index (χ1n) is 4.34. The van der Waals surface area contributed by atoms with Crippen LogP contribution in [-0.2, 0) is 0 Å². The quantitative estimate of drug-likeness (QED) is 0.738. The van der Waals surface area contributed by atoms with E-state index in [1.807, 2.05) is 25.1 Å². The van der Waals surface area contributed by atoms with Gasteiger partial charge < -0.3 is 15.3 Å². The molecule has 0 fully saturated rings. The Bertz CT molecular complexity index is 264. The maximum absolute atomic E-state index is 9.53. The van der Waals surface area contributed by atoms with Crippen LogP contribution in [0.15, 0.2) is 28.4 Å². The molecule has 3 heteroatoms. The number of rotatable bonds is 4. The summed E-state index contributed by atoms with van der Waals surface area (Å²) in [5, 5.41) is 9.53. The molecule has 13 heavy (non-hydrogen) atoms. The summed E-state index contributed by atoms with van der Waals surface area (Å²) < 4.78 is 5.11. The zero-order valence-corrected chi connectivity index (χ0v) is 7.73. The van der Waals surface area contributed by atoms with E-state index in [2.05, 4.69) is 0 Å². The van der Waals surface area contributed by atoms with Crippen LogP contribution in [-0.4, -0.2) is 17.8 Å². The standard InChI is InChI=1S/C10H15NO2/c1-8(10(12)4-5-11)7-9-3-2-6-13-9/h2-3,6-7,10,12H,4-5,11H2,1H3/b8-7+. The van der Waals surface area contributed by atoms with Gasteiger partial charge in [0.25, 0.3) is 0 Å². The molecule has 0 aliphatic carbocycles. The van der Waals surface area contributed by atoms with Gasteiger partial charge in [-0.15, -0.1) is 0 Å². The van der Waals surface area contributed by atoms with Gasteiger partial charge in [-0.3, -0.25) is 0 Å². The predicted octanol–water partition coefficient (Wildman–Crippen LogP) is 1.39. The van der Waals surface area contributed by atoms with Crippen LogP contribution in [0.25, 0.3) is 6.08 Å². The molecule has 72 valence electrons. The van der Waals surface area contributed by atoms with Crippen molar-refractivity contribution in [1.82, 2.24) is 0 Å². The second-order valence-corrected chi connectivity index (χ2v) is 3.00. The molecule has 0 aliphatic rings. The second-order valence-electron chi connectivity index (χ2n) is 3.00. The van der Waals surface area contributed by atoms with Gasteiger partial charge in [-0.05, 0) is 43.7 Å². The van der Waals surface area contributed by atoms with E-state index in [9.17, 15) is 5.11 Å². The van der Waals surface area contributed by atoms with E-state index in [1.165, 1.54) is 0 Å². The Balaban J connectivity index is 2.60. The van der Waals surface area contributed by atoms with Gasteiger partial charge in [-0.2, -0.15) is 0 Å². The van der Waals surface area contributed by atoms with Crippen molar-refractivity contribution in [3.05, 3.63) is 29.7 Å². The number of aliphatic hydroxyl groups is 1. The van der Waals surface area contributed by atoms with Crippen molar-refractivity contribution < 1.29 is 9.52 Å². The molecule has 1 aromatic heterocycles. The summed E-state index contributed by atoms with van der Waals surface area (Å²) in [6.07, 6.45) is 3.55. The lowest BCUT2D eigenvalue weighted by molar-refractivity contribution is 0.204. The molecule has 0 bridgehead atoms. The van der Waals surface area contributed by atoms with Crippen LogP contribution in [0.3, 0.4) is 0 Å². The summed E-state index contributed by atoms with van der Waals surface area (Å²) in [5.74, 6) is 0.758. The van der Waals surface area contributed by atoms with Crippen molar-refractivity contribution in [3.63, 3.8) is 0 Å². The highest BCUT2D eigenvalue weighted by atomic mass is 16.3. The Kier molecular flexibility index (Phi) is 3.73. The predicted molar refractivity (Wildman–Crippen MR) is 52.0 cm³/mol. The normalized spacial score (nSPS) is 14.5. The number of furan rings is 1. The smallest absolute Gasteiger partial charge is 0.126 e. The van der Waals surface area contributed by atoms with E-state index in [1.54, 1.807) is 6.26 Å². The monoisotopic (exact) mass is 181 g/mol. The first-order chi connectivity index (χ1) is 6.24. The average molecular weight is 181 g/mol. The lowest BCUT2D eigenvalue weighted by atomic mass is 10.1. The third-order valence-corrected chi connectivity index (χ3v) is 1.88. The highest BCUT2D eigenvalue weighted by Gasteiger charge is 2.05. The van der Waals surface area contributed by atoms with E-state index >= 15 is 0 Å². The lowest BCUT2D eigenvalue weighted by Gasteiger charge is -2.08. The fourth-order valence-electron chi connectivity index (χ4n) is 1.08. The SMILES string of the molecule is C/C(=C\c1ccco1)C(O)CCN. The van der Waals surface area contributed by atoms with Crippen molar-refractivity contribution in [3.8, 4) is 0 Å². The summed E-state index contributed by atoms with van der Waals surface area (Å²) in [6, 6.07) is 3.66. The van der Waals surface area contributed by atoms with Crippen LogP contribution >= 0.6 is 0 Å². The van der Waals surface area contributed by atoms with Crippen molar-refractivity contribution >= 4 is 6.08 Å². The van der Waals surface area contributed by atoms with Gasteiger partial charge in [-0.1, -0.05) is 0 Å². The molecule has 0 aromatic carbocycles. The largest absolute Gasteiger partial charge is 0.465 e. The van der Waals surface area contributed by atoms with Crippen molar-refractivity contribution in [2.24, 2.45) is 5.73 Å². The third kappa shape index (κ3) is 3.05. The molecular weight excluding hydrogens is 166 g/mol. The van der Waals surface area contributed by atoms with Crippen LogP contribution in [0.5, 0.6) is 0 Å². The van der Waals surface area contributed by atoms with E-state index in [-0.39, 0.29) is 0 Å². The molecule has 0 spiro atoms. The van der Waals surface area contributed by atoms with Crippen LogP contribution in [0.4, 0.5) is 0 Å². The van der Waals surface area contributed by atoms with Crippen LogP contribution in [0.1, 0.15) is 19.1 Å². The molecule has 0 saturated heterocycles. The third-order valence-electron chi connectivity index (χ3n) is 1.88. The summed E-state index contributed by atoms with van der Waals surface area (Å²) >= 11 is 0. The molecule has 0 amide bonds. The Morgan fingerprint density at radius 2 is 2.54 bits per heavy atom. The van der Waals surface area contributed by atoms with Crippen LogP contribution < -0.4 is 5.73 Å². The van der Waals surface area contributed by atoms with Gasteiger partial charge >= 0.3 is 0 Å². The maximum Gasteiger partial charge on any atom is 0.126 e. The Morgan fingerprint density at radius 1 is 1.77 bits per heavy atom. The minimum atomic E-state index is -0.463. The average Bonchev–Trinajstić information content (AvgIpc) is 2.57. The fraction of sp³-hybridized carbons (Fsp3) is 0.400. The first kappa shape index (κ1) is 10.0. The van der Waals surface area contributed by atoms with Crippen molar-refractivity contribution in [2.45, 2.75) is 19.4 Å². The molecule has 1 atom stereocenters. The van der Waals surface area contributed by atoms with Gasteiger partial charge in [0.05, 0.1) is 12.4 Å². The van der Waals surface area contributed by atoms with Gasteiger partial charge in [0.15, 0.2) is 0 Å². The zero-order valence-electron chi connectivity index (χ0n) is 7.73. The van der Waals surface area contributed by atoms with E-state index < -0.39 is 6.10 Å². The van der Waals surface area contributed by atoms with Gasteiger partial charge in [0.1, 0.15) is 5.76 Å². The molecule has 0 aliphatic heterocycles. The molecule has 3 N–H and O–H groups in total. The molecule has 0 saturated carbocycles. The summed E-state index contributed by atoms with van der Waals surface area (Å²) in [7, 11) is 0. The summed E-state index contributed by atoms with van der Waals surface area (Å²) in [4.78, 5) is 0. The van der Waals surface area contributed by atoms with Gasteiger partial charge in [0, 0.05) is 0 Å². The molecule has 1 aromatic rings. The molecule has 0 radical (unpaired) electrons. The highest BCUT2D eigenvalue weighted by molar-refractivity contribution is 5.47. The summed E-state index contributed by atoms with van der Waals surface area (Å²) in [6.45, 7) is 2.35. The lowest BCUT2D eigenvalue weighted by Crippen LogP contribution is -2.14.